The maximum atomic E-state index is 5.62. The minimum Gasteiger partial charge on any atom is -0.330 e. The van der Waals surface area contributed by atoms with Crippen LogP contribution in [-0.2, 0) is 0 Å². The molecule has 0 unspecified atom stereocenters. The summed E-state index contributed by atoms with van der Waals surface area (Å²) in [7, 11) is 0. The van der Waals surface area contributed by atoms with E-state index in [0.29, 0.717) is 6.54 Å². The topological polar surface area (TPSA) is 26.0 Å². The van der Waals surface area contributed by atoms with E-state index in [-0.39, 0.29) is 5.41 Å². The van der Waals surface area contributed by atoms with Gasteiger partial charge in [0.15, 0.2) is 0 Å². The summed E-state index contributed by atoms with van der Waals surface area (Å²) in [6.07, 6.45) is 5.13. The van der Waals surface area contributed by atoms with E-state index in [1.54, 1.807) is 0 Å². The molecule has 0 aliphatic rings. The summed E-state index contributed by atoms with van der Waals surface area (Å²) < 4.78 is 0. The van der Waals surface area contributed by atoms with E-state index in [0.717, 1.165) is 6.42 Å². The largest absolute Gasteiger partial charge is 0.330 e. The monoisotopic (exact) mass is 153 g/mol. The molecule has 0 amide bonds. The van der Waals surface area contributed by atoms with Gasteiger partial charge in [0.2, 0.25) is 0 Å². The second-order valence-corrected chi connectivity index (χ2v) is 3.36. The Balaban J connectivity index is 4.49. The maximum absolute atomic E-state index is 5.62. The molecule has 0 aromatic rings. The second-order valence-electron chi connectivity index (χ2n) is 3.36. The minimum absolute atomic E-state index is 0.0811. The third-order valence-electron chi connectivity index (χ3n) is 1.94. The Labute approximate surface area is 70.0 Å². The van der Waals surface area contributed by atoms with E-state index < -0.39 is 0 Å². The van der Waals surface area contributed by atoms with Gasteiger partial charge in [-0.2, -0.15) is 0 Å². The van der Waals surface area contributed by atoms with E-state index in [4.69, 9.17) is 5.73 Å². The van der Waals surface area contributed by atoms with Crippen LogP contribution in [-0.4, -0.2) is 6.54 Å². The van der Waals surface area contributed by atoms with Gasteiger partial charge in [-0.15, -0.1) is 0 Å². The highest BCUT2D eigenvalue weighted by molar-refractivity contribution is 5.23. The van der Waals surface area contributed by atoms with Crippen molar-refractivity contribution >= 4 is 0 Å². The van der Waals surface area contributed by atoms with Crippen LogP contribution in [0.1, 0.15) is 27.2 Å². The summed E-state index contributed by atoms with van der Waals surface area (Å²) in [5.74, 6) is 0. The van der Waals surface area contributed by atoms with Crippen LogP contribution in [0.25, 0.3) is 0 Å². The highest BCUT2D eigenvalue weighted by atomic mass is 14.6. The average Bonchev–Trinajstić information content (AvgIpc) is 2.00. The molecular formula is C10H19N. The maximum Gasteiger partial charge on any atom is 0.00157 e. The van der Waals surface area contributed by atoms with Gasteiger partial charge in [-0.3, -0.25) is 0 Å². The molecule has 0 bridgehead atoms. The fraction of sp³-hybridized carbons (Fsp3) is 0.600. The Morgan fingerprint density at radius 2 is 2.09 bits per heavy atom. The predicted octanol–water partition coefficient (Wildman–Crippen LogP) is 2.49. The summed E-state index contributed by atoms with van der Waals surface area (Å²) in [6, 6.07) is 0. The standard InChI is InChI=1S/C10H19N/c1-5-7-9(6-2)10(3,4)8-11/h6-7H,2,5,8,11H2,1,3-4H3/b9-7+. The Morgan fingerprint density at radius 3 is 2.36 bits per heavy atom. The quantitative estimate of drug-likeness (QED) is 0.617. The van der Waals surface area contributed by atoms with Crippen molar-refractivity contribution in [2.24, 2.45) is 11.1 Å². The number of hydrogen-bond donors (Lipinski definition) is 1. The fourth-order valence-electron chi connectivity index (χ4n) is 0.974. The van der Waals surface area contributed by atoms with E-state index in [1.165, 1.54) is 5.57 Å². The SMILES string of the molecule is C=C/C(=C\CC)C(C)(C)CN. The van der Waals surface area contributed by atoms with Gasteiger partial charge in [-0.1, -0.05) is 39.5 Å². The van der Waals surface area contributed by atoms with E-state index >= 15 is 0 Å². The highest BCUT2D eigenvalue weighted by Gasteiger charge is 2.17. The normalized spacial score (nSPS) is 13.3. The van der Waals surface area contributed by atoms with Gasteiger partial charge in [0.1, 0.15) is 0 Å². The van der Waals surface area contributed by atoms with E-state index in [1.807, 2.05) is 6.08 Å². The Morgan fingerprint density at radius 1 is 1.55 bits per heavy atom. The molecule has 0 saturated heterocycles. The first kappa shape index (κ1) is 10.4. The molecule has 0 aliphatic carbocycles. The molecule has 0 spiro atoms. The zero-order chi connectivity index (χ0) is 8.91. The molecule has 11 heavy (non-hydrogen) atoms. The van der Waals surface area contributed by atoms with Crippen molar-refractivity contribution in [3.63, 3.8) is 0 Å². The lowest BCUT2D eigenvalue weighted by molar-refractivity contribution is 0.470. The summed E-state index contributed by atoms with van der Waals surface area (Å²) in [5, 5.41) is 0. The number of rotatable bonds is 4. The third-order valence-corrected chi connectivity index (χ3v) is 1.94. The average molecular weight is 153 g/mol. The zero-order valence-corrected chi connectivity index (χ0v) is 7.85. The molecule has 0 radical (unpaired) electrons. The first-order chi connectivity index (χ1) is 5.08. The Bertz CT molecular complexity index is 154. The molecule has 64 valence electrons. The number of nitrogens with two attached hydrogens (primary N) is 1. The van der Waals surface area contributed by atoms with Crippen LogP contribution >= 0.6 is 0 Å². The highest BCUT2D eigenvalue weighted by Crippen LogP contribution is 2.25. The molecule has 0 aromatic heterocycles. The van der Waals surface area contributed by atoms with Crippen molar-refractivity contribution < 1.29 is 0 Å². The first-order valence-corrected chi connectivity index (χ1v) is 4.11. The molecule has 0 atom stereocenters. The van der Waals surface area contributed by atoms with Gasteiger partial charge in [-0.05, 0) is 12.0 Å². The molecule has 1 heteroatoms. The summed E-state index contributed by atoms with van der Waals surface area (Å²) in [4.78, 5) is 0. The van der Waals surface area contributed by atoms with Gasteiger partial charge < -0.3 is 5.73 Å². The number of allylic oxidation sites excluding steroid dienone is 2. The molecule has 1 nitrogen and oxygen atoms in total. The van der Waals surface area contributed by atoms with Gasteiger partial charge in [0.25, 0.3) is 0 Å². The van der Waals surface area contributed by atoms with Crippen molar-refractivity contribution in [1.82, 2.24) is 0 Å². The molecule has 0 fully saturated rings. The second kappa shape index (κ2) is 4.35. The van der Waals surface area contributed by atoms with Gasteiger partial charge in [-0.25, -0.2) is 0 Å². The van der Waals surface area contributed by atoms with E-state index in [9.17, 15) is 0 Å². The predicted molar refractivity (Wildman–Crippen MR) is 51.4 cm³/mol. The van der Waals surface area contributed by atoms with E-state index in [2.05, 4.69) is 33.4 Å². The van der Waals surface area contributed by atoms with Crippen molar-refractivity contribution in [3.8, 4) is 0 Å². The van der Waals surface area contributed by atoms with Crippen molar-refractivity contribution in [2.75, 3.05) is 6.54 Å². The molecule has 0 rings (SSSR count). The summed E-state index contributed by atoms with van der Waals surface area (Å²) >= 11 is 0. The van der Waals surface area contributed by atoms with Crippen molar-refractivity contribution in [2.45, 2.75) is 27.2 Å². The lowest BCUT2D eigenvalue weighted by atomic mass is 9.84. The summed E-state index contributed by atoms with van der Waals surface area (Å²) in [6.45, 7) is 10.8. The molecule has 0 heterocycles. The van der Waals surface area contributed by atoms with Crippen LogP contribution in [0.3, 0.4) is 0 Å². The van der Waals surface area contributed by atoms with Crippen LogP contribution in [0.4, 0.5) is 0 Å². The van der Waals surface area contributed by atoms with Gasteiger partial charge >= 0.3 is 0 Å². The lowest BCUT2D eigenvalue weighted by Crippen LogP contribution is -2.24. The van der Waals surface area contributed by atoms with Crippen LogP contribution in [0.5, 0.6) is 0 Å². The molecular weight excluding hydrogens is 134 g/mol. The van der Waals surface area contributed by atoms with Gasteiger partial charge in [0.05, 0.1) is 0 Å². The third kappa shape index (κ3) is 2.89. The van der Waals surface area contributed by atoms with Crippen molar-refractivity contribution in [1.29, 1.82) is 0 Å². The van der Waals surface area contributed by atoms with Crippen LogP contribution in [0, 0.1) is 5.41 Å². The molecule has 0 aromatic carbocycles. The minimum atomic E-state index is 0.0811. The molecule has 0 aliphatic heterocycles. The van der Waals surface area contributed by atoms with Gasteiger partial charge in [0, 0.05) is 12.0 Å². The smallest absolute Gasteiger partial charge is 0.00157 e. The van der Waals surface area contributed by atoms with Crippen LogP contribution in [0.15, 0.2) is 24.3 Å². The van der Waals surface area contributed by atoms with Crippen LogP contribution < -0.4 is 5.73 Å². The van der Waals surface area contributed by atoms with Crippen molar-refractivity contribution in [3.05, 3.63) is 24.3 Å². The Kier molecular flexibility index (Phi) is 4.12. The lowest BCUT2D eigenvalue weighted by Gasteiger charge is -2.23. The molecule has 0 saturated carbocycles. The zero-order valence-electron chi connectivity index (χ0n) is 7.85. The number of hydrogen-bond acceptors (Lipinski definition) is 1. The fourth-order valence-corrected chi connectivity index (χ4v) is 0.974. The van der Waals surface area contributed by atoms with Crippen LogP contribution in [0.2, 0.25) is 0 Å². The summed E-state index contributed by atoms with van der Waals surface area (Å²) in [5.41, 5.74) is 6.96. The molecule has 2 N–H and O–H groups in total. The first-order valence-electron chi connectivity index (χ1n) is 4.11. The Hall–Kier alpha value is -0.560.